The van der Waals surface area contributed by atoms with Crippen LogP contribution in [0, 0.1) is 13.8 Å². The molecule has 1 aromatic heterocycles. The van der Waals surface area contributed by atoms with Gasteiger partial charge in [-0.3, -0.25) is 4.79 Å². The molecule has 6 nitrogen and oxygen atoms in total. The molecule has 0 bridgehead atoms. The van der Waals surface area contributed by atoms with Crippen LogP contribution in [-0.2, 0) is 4.79 Å². The maximum atomic E-state index is 12.3. The van der Waals surface area contributed by atoms with E-state index in [9.17, 15) is 9.59 Å². The van der Waals surface area contributed by atoms with Crippen molar-refractivity contribution in [2.75, 3.05) is 0 Å². The van der Waals surface area contributed by atoms with Crippen LogP contribution >= 0.6 is 11.8 Å². The quantitative estimate of drug-likeness (QED) is 0.572. The molecule has 4 rings (SSSR count). The van der Waals surface area contributed by atoms with Crippen molar-refractivity contribution in [1.29, 1.82) is 0 Å². The lowest BCUT2D eigenvalue weighted by molar-refractivity contribution is -0.115. The van der Waals surface area contributed by atoms with Crippen molar-refractivity contribution in [3.8, 4) is 11.3 Å². The van der Waals surface area contributed by atoms with Crippen LogP contribution < -0.4 is 5.32 Å². The first-order valence-corrected chi connectivity index (χ1v) is 10.0. The van der Waals surface area contributed by atoms with Crippen LogP contribution in [0.3, 0.4) is 0 Å². The summed E-state index contributed by atoms with van der Waals surface area (Å²) < 4.78 is 5.81. The largest absolute Gasteiger partial charge is 0.478 e. The molecule has 1 aliphatic heterocycles. The minimum absolute atomic E-state index is 0.210. The Balaban J connectivity index is 1.54. The third kappa shape index (κ3) is 4.21. The van der Waals surface area contributed by atoms with Gasteiger partial charge in [0.1, 0.15) is 11.5 Å². The molecule has 30 heavy (non-hydrogen) atoms. The highest BCUT2D eigenvalue weighted by Gasteiger charge is 2.24. The van der Waals surface area contributed by atoms with Gasteiger partial charge in [-0.1, -0.05) is 24.3 Å². The average Bonchev–Trinajstić information content (AvgIpc) is 3.32. The number of nitrogens with zero attached hydrogens (tertiary/aromatic N) is 1. The van der Waals surface area contributed by atoms with Crippen LogP contribution in [0.15, 0.2) is 68.9 Å². The van der Waals surface area contributed by atoms with Gasteiger partial charge in [-0.2, -0.15) is 0 Å². The number of carbonyl (C=O) groups excluding carboxylic acids is 1. The molecule has 2 aromatic carbocycles. The van der Waals surface area contributed by atoms with Gasteiger partial charge < -0.3 is 14.8 Å². The minimum atomic E-state index is -0.978. The maximum absolute atomic E-state index is 12.3. The smallest absolute Gasteiger partial charge is 0.335 e. The van der Waals surface area contributed by atoms with Crippen molar-refractivity contribution in [1.82, 2.24) is 5.32 Å². The summed E-state index contributed by atoms with van der Waals surface area (Å²) in [6.07, 6.45) is 1.67. The lowest BCUT2D eigenvalue weighted by atomic mass is 10.1. The molecule has 1 saturated heterocycles. The summed E-state index contributed by atoms with van der Waals surface area (Å²) >= 11 is 1.26. The highest BCUT2D eigenvalue weighted by atomic mass is 32.2. The standard InChI is InChI=1S/C23H18N2O4S/c1-13-3-4-14(2)18(11-13)24-23-25-21(26)20(30-23)12-17-9-10-19(29-17)15-5-7-16(8-6-15)22(27)28/h3-12H,1-2H3,(H,27,28)(H,24,25,26)/b20-12-. The number of nitrogens with one attached hydrogen (secondary N) is 1. The highest BCUT2D eigenvalue weighted by molar-refractivity contribution is 8.18. The number of furan rings is 1. The number of carboxylic acid groups (broad SMARTS) is 1. The van der Waals surface area contributed by atoms with Gasteiger partial charge in [-0.15, -0.1) is 0 Å². The monoisotopic (exact) mass is 418 g/mol. The topological polar surface area (TPSA) is 91.9 Å². The number of hydrogen-bond donors (Lipinski definition) is 2. The number of amidine groups is 1. The lowest BCUT2D eigenvalue weighted by Crippen LogP contribution is -2.19. The Bertz CT molecular complexity index is 1210. The molecular weight excluding hydrogens is 400 g/mol. The fourth-order valence-electron chi connectivity index (χ4n) is 2.92. The second-order valence-corrected chi connectivity index (χ2v) is 7.89. The fraction of sp³-hybridized carbons (Fsp3) is 0.0870. The van der Waals surface area contributed by atoms with Gasteiger partial charge in [0.25, 0.3) is 5.91 Å². The number of aliphatic imine (C=N–C) groups is 1. The zero-order valence-electron chi connectivity index (χ0n) is 16.3. The van der Waals surface area contributed by atoms with E-state index in [0.29, 0.717) is 21.6 Å². The van der Waals surface area contributed by atoms with Gasteiger partial charge in [0, 0.05) is 11.6 Å². The van der Waals surface area contributed by atoms with E-state index in [1.807, 2.05) is 32.0 Å². The number of thioether (sulfide) groups is 1. The predicted molar refractivity (Wildman–Crippen MR) is 118 cm³/mol. The van der Waals surface area contributed by atoms with Gasteiger partial charge >= 0.3 is 5.97 Å². The second-order valence-electron chi connectivity index (χ2n) is 6.86. The van der Waals surface area contributed by atoms with Crippen LogP contribution in [0.5, 0.6) is 0 Å². The van der Waals surface area contributed by atoms with Gasteiger partial charge in [0.15, 0.2) is 5.17 Å². The molecule has 7 heteroatoms. The van der Waals surface area contributed by atoms with Crippen molar-refractivity contribution < 1.29 is 19.1 Å². The third-order valence-electron chi connectivity index (χ3n) is 4.55. The molecule has 3 aromatic rings. The molecule has 1 amide bonds. The average molecular weight is 418 g/mol. The van der Waals surface area contributed by atoms with Crippen LogP contribution in [0.2, 0.25) is 0 Å². The first-order chi connectivity index (χ1) is 14.4. The Morgan fingerprint density at radius 1 is 1.10 bits per heavy atom. The summed E-state index contributed by atoms with van der Waals surface area (Å²) in [4.78, 5) is 28.4. The molecule has 0 aliphatic carbocycles. The highest BCUT2D eigenvalue weighted by Crippen LogP contribution is 2.31. The number of aryl methyl sites for hydroxylation is 2. The molecule has 0 unspecified atom stereocenters. The number of hydrogen-bond acceptors (Lipinski definition) is 5. The zero-order valence-corrected chi connectivity index (χ0v) is 17.1. The molecule has 150 valence electrons. The van der Waals surface area contributed by atoms with Crippen molar-refractivity contribution >= 4 is 40.6 Å². The number of aromatic carboxylic acids is 1. The zero-order chi connectivity index (χ0) is 21.3. The van der Waals surface area contributed by atoms with E-state index in [2.05, 4.69) is 10.3 Å². The Kier molecular flexibility index (Phi) is 5.29. The summed E-state index contributed by atoms with van der Waals surface area (Å²) in [6, 6.07) is 16.0. The van der Waals surface area contributed by atoms with Crippen LogP contribution in [-0.4, -0.2) is 22.2 Å². The fourth-order valence-corrected chi connectivity index (χ4v) is 3.74. The van der Waals surface area contributed by atoms with Crippen LogP contribution in [0.1, 0.15) is 27.2 Å². The minimum Gasteiger partial charge on any atom is -0.478 e. The predicted octanol–water partition coefficient (Wildman–Crippen LogP) is 5.15. The Morgan fingerprint density at radius 2 is 1.87 bits per heavy atom. The third-order valence-corrected chi connectivity index (χ3v) is 5.46. The molecule has 0 atom stereocenters. The molecule has 2 N–H and O–H groups in total. The first kappa shape index (κ1) is 19.7. The molecule has 0 radical (unpaired) electrons. The summed E-state index contributed by atoms with van der Waals surface area (Å²) in [5, 5.41) is 12.3. The second kappa shape index (κ2) is 8.04. The van der Waals surface area contributed by atoms with Crippen molar-refractivity contribution in [3.63, 3.8) is 0 Å². The van der Waals surface area contributed by atoms with Gasteiger partial charge in [0.2, 0.25) is 0 Å². The van der Waals surface area contributed by atoms with Gasteiger partial charge in [-0.05, 0) is 67.1 Å². The molecule has 1 fully saturated rings. The van der Waals surface area contributed by atoms with Crippen LogP contribution in [0.4, 0.5) is 5.69 Å². The van der Waals surface area contributed by atoms with Crippen molar-refractivity contribution in [3.05, 3.63) is 82.0 Å². The Labute approximate surface area is 177 Å². The van der Waals surface area contributed by atoms with E-state index in [4.69, 9.17) is 9.52 Å². The summed E-state index contributed by atoms with van der Waals surface area (Å²) in [6.45, 7) is 3.98. The number of benzene rings is 2. The summed E-state index contributed by atoms with van der Waals surface area (Å²) in [7, 11) is 0. The molecular formula is C23H18N2O4S. The molecule has 2 heterocycles. The van der Waals surface area contributed by atoms with Crippen LogP contribution in [0.25, 0.3) is 17.4 Å². The van der Waals surface area contributed by atoms with Gasteiger partial charge in [0.05, 0.1) is 16.2 Å². The van der Waals surface area contributed by atoms with Crippen molar-refractivity contribution in [2.45, 2.75) is 13.8 Å². The van der Waals surface area contributed by atoms with E-state index in [1.54, 1.807) is 30.3 Å². The molecule has 0 saturated carbocycles. The van der Waals surface area contributed by atoms with E-state index in [-0.39, 0.29) is 11.5 Å². The SMILES string of the molecule is Cc1ccc(C)c(N=C2NC(=O)/C(=C/c3ccc(-c4ccc(C(=O)O)cc4)o3)S2)c1. The maximum Gasteiger partial charge on any atom is 0.335 e. The summed E-state index contributed by atoms with van der Waals surface area (Å²) in [5.74, 6) is -0.0914. The Morgan fingerprint density at radius 3 is 2.60 bits per heavy atom. The number of amides is 1. The molecule has 0 spiro atoms. The van der Waals surface area contributed by atoms with E-state index >= 15 is 0 Å². The number of rotatable bonds is 4. The summed E-state index contributed by atoms with van der Waals surface area (Å²) in [5.41, 5.74) is 3.92. The Hall–Kier alpha value is -3.58. The lowest BCUT2D eigenvalue weighted by Gasteiger charge is -2.02. The number of carboxylic acids is 1. The van der Waals surface area contributed by atoms with Gasteiger partial charge in [-0.25, -0.2) is 9.79 Å². The van der Waals surface area contributed by atoms with E-state index in [0.717, 1.165) is 22.4 Å². The van der Waals surface area contributed by atoms with E-state index < -0.39 is 5.97 Å². The first-order valence-electron chi connectivity index (χ1n) is 9.19. The van der Waals surface area contributed by atoms with Crippen molar-refractivity contribution in [2.24, 2.45) is 4.99 Å². The molecule has 1 aliphatic rings. The van der Waals surface area contributed by atoms with E-state index in [1.165, 1.54) is 23.9 Å². The number of carbonyl (C=O) groups is 2. The normalized spacial score (nSPS) is 16.3.